The molecule has 2 aromatic carbocycles. The lowest BCUT2D eigenvalue weighted by atomic mass is 9.94. The number of rotatable bonds is 3. The highest BCUT2D eigenvalue weighted by Crippen LogP contribution is 2.26. The number of halogens is 1. The van der Waals surface area contributed by atoms with Gasteiger partial charge in [-0.25, -0.2) is 0 Å². The molecule has 0 heterocycles. The monoisotopic (exact) mass is 247 g/mol. The van der Waals surface area contributed by atoms with Crippen molar-refractivity contribution in [2.45, 2.75) is 19.3 Å². The minimum absolute atomic E-state index is 0. The molecule has 17 heavy (non-hydrogen) atoms. The van der Waals surface area contributed by atoms with E-state index in [4.69, 9.17) is 11.6 Å². The van der Waals surface area contributed by atoms with Gasteiger partial charge < -0.3 is 6.15 Å². The van der Waals surface area contributed by atoms with Crippen molar-refractivity contribution in [2.75, 3.05) is 0 Å². The van der Waals surface area contributed by atoms with Crippen LogP contribution in [0.1, 0.15) is 24.0 Å². The number of benzene rings is 2. The van der Waals surface area contributed by atoms with E-state index in [1.54, 1.807) is 0 Å². The summed E-state index contributed by atoms with van der Waals surface area (Å²) in [6.07, 6.45) is 1.03. The van der Waals surface area contributed by atoms with E-state index in [0.717, 1.165) is 11.4 Å². The maximum atomic E-state index is 6.19. The molecule has 2 aromatic rings. The topological polar surface area (TPSA) is 35.0 Å². The Morgan fingerprint density at radius 2 is 1.53 bits per heavy atom. The van der Waals surface area contributed by atoms with Crippen LogP contribution in [0.4, 0.5) is 0 Å². The Balaban J connectivity index is 0.00000144. The molecule has 0 aliphatic carbocycles. The molecule has 0 fully saturated rings. The van der Waals surface area contributed by atoms with Crippen LogP contribution in [0.5, 0.6) is 0 Å². The summed E-state index contributed by atoms with van der Waals surface area (Å²) in [7, 11) is 0. The van der Waals surface area contributed by atoms with Gasteiger partial charge in [0.1, 0.15) is 0 Å². The zero-order valence-electron chi connectivity index (χ0n) is 10.1. The van der Waals surface area contributed by atoms with Crippen molar-refractivity contribution in [2.24, 2.45) is 0 Å². The van der Waals surface area contributed by atoms with Gasteiger partial charge in [-0.2, -0.15) is 0 Å². The van der Waals surface area contributed by atoms with Crippen LogP contribution < -0.4 is 6.15 Å². The minimum atomic E-state index is 0. The van der Waals surface area contributed by atoms with Crippen molar-refractivity contribution in [3.05, 3.63) is 70.7 Å². The van der Waals surface area contributed by atoms with Gasteiger partial charge in [-0.15, -0.1) is 0 Å². The van der Waals surface area contributed by atoms with E-state index in [-0.39, 0.29) is 6.15 Å². The van der Waals surface area contributed by atoms with Gasteiger partial charge >= 0.3 is 0 Å². The summed E-state index contributed by atoms with van der Waals surface area (Å²) < 4.78 is 0. The van der Waals surface area contributed by atoms with Gasteiger partial charge in [0.2, 0.25) is 0 Å². The zero-order chi connectivity index (χ0) is 11.4. The summed E-state index contributed by atoms with van der Waals surface area (Å²) in [5.41, 5.74) is 2.59. The Hall–Kier alpha value is -1.31. The lowest BCUT2D eigenvalue weighted by molar-refractivity contribution is 0.759. The van der Waals surface area contributed by atoms with Crippen molar-refractivity contribution in [1.82, 2.24) is 6.15 Å². The molecule has 0 saturated heterocycles. The van der Waals surface area contributed by atoms with Gasteiger partial charge in [0.25, 0.3) is 0 Å². The third-order valence-electron chi connectivity index (χ3n) is 2.82. The van der Waals surface area contributed by atoms with Crippen LogP contribution in [0.15, 0.2) is 54.6 Å². The number of hydrogen-bond acceptors (Lipinski definition) is 1. The molecule has 0 aliphatic heterocycles. The van der Waals surface area contributed by atoms with Crippen LogP contribution in [0, 0.1) is 0 Å². The van der Waals surface area contributed by atoms with Gasteiger partial charge in [0.15, 0.2) is 0 Å². The minimum Gasteiger partial charge on any atom is -0.344 e. The Morgan fingerprint density at radius 3 is 2.18 bits per heavy atom. The fourth-order valence-corrected chi connectivity index (χ4v) is 2.27. The quantitative estimate of drug-likeness (QED) is 0.827. The molecule has 0 bridgehead atoms. The molecular formula is C15H18ClN. The summed E-state index contributed by atoms with van der Waals surface area (Å²) in [5, 5.41) is 0.867. The summed E-state index contributed by atoms with van der Waals surface area (Å²) in [6, 6.07) is 18.6. The van der Waals surface area contributed by atoms with Crippen LogP contribution in [-0.2, 0) is 6.42 Å². The summed E-state index contributed by atoms with van der Waals surface area (Å²) >= 11 is 6.19. The van der Waals surface area contributed by atoms with E-state index in [0.29, 0.717) is 5.92 Å². The number of hydrogen-bond donors (Lipinski definition) is 1. The molecule has 2 heteroatoms. The van der Waals surface area contributed by atoms with Crippen LogP contribution in [0.2, 0.25) is 5.02 Å². The zero-order valence-corrected chi connectivity index (χ0v) is 10.8. The van der Waals surface area contributed by atoms with E-state index in [1.807, 2.05) is 24.3 Å². The van der Waals surface area contributed by atoms with E-state index in [9.17, 15) is 0 Å². The highest BCUT2D eigenvalue weighted by Gasteiger charge is 2.09. The average molecular weight is 248 g/mol. The predicted octanol–water partition coefficient (Wildman–Crippen LogP) is 4.85. The van der Waals surface area contributed by atoms with Crippen molar-refractivity contribution >= 4 is 11.6 Å². The van der Waals surface area contributed by atoms with Gasteiger partial charge in [-0.3, -0.25) is 0 Å². The lowest BCUT2D eigenvalue weighted by Crippen LogP contribution is -1.98. The molecule has 0 spiro atoms. The Bertz CT molecular complexity index is 453. The molecule has 1 atom stereocenters. The molecule has 1 unspecified atom stereocenters. The second-order valence-electron chi connectivity index (χ2n) is 4.11. The Morgan fingerprint density at radius 1 is 0.941 bits per heavy atom. The van der Waals surface area contributed by atoms with E-state index >= 15 is 0 Å². The highest BCUT2D eigenvalue weighted by molar-refractivity contribution is 6.31. The summed E-state index contributed by atoms with van der Waals surface area (Å²) in [6.45, 7) is 2.22. The van der Waals surface area contributed by atoms with Crippen LogP contribution in [-0.4, -0.2) is 0 Å². The first kappa shape index (κ1) is 13.8. The fourth-order valence-electron chi connectivity index (χ4n) is 1.95. The summed E-state index contributed by atoms with van der Waals surface area (Å²) in [5.74, 6) is 0.455. The third kappa shape index (κ3) is 3.58. The highest BCUT2D eigenvalue weighted by atomic mass is 35.5. The summed E-state index contributed by atoms with van der Waals surface area (Å²) in [4.78, 5) is 0. The van der Waals surface area contributed by atoms with Gasteiger partial charge in [-0.05, 0) is 29.5 Å². The van der Waals surface area contributed by atoms with Gasteiger partial charge in [0, 0.05) is 5.02 Å². The molecule has 3 N–H and O–H groups in total. The second-order valence-corrected chi connectivity index (χ2v) is 4.52. The molecule has 0 amide bonds. The lowest BCUT2D eigenvalue weighted by Gasteiger charge is -2.13. The molecule has 0 aliphatic rings. The fraction of sp³-hybridized carbons (Fsp3) is 0.200. The van der Waals surface area contributed by atoms with Gasteiger partial charge in [0.05, 0.1) is 0 Å². The largest absolute Gasteiger partial charge is 0.344 e. The standard InChI is InChI=1S/C15H15Cl.H3N/c1-12(11-13-7-3-2-4-8-13)14-9-5-6-10-15(14)16;/h2-10,12H,11H2,1H3;1H3. The average Bonchev–Trinajstić information content (AvgIpc) is 2.31. The first-order valence-corrected chi connectivity index (χ1v) is 5.93. The smallest absolute Gasteiger partial charge is 0.0440 e. The molecule has 0 saturated carbocycles. The van der Waals surface area contributed by atoms with Crippen LogP contribution in [0.3, 0.4) is 0 Å². The van der Waals surface area contributed by atoms with Crippen molar-refractivity contribution < 1.29 is 0 Å². The SMILES string of the molecule is CC(Cc1ccccc1)c1ccccc1Cl.N. The maximum Gasteiger partial charge on any atom is 0.0440 e. The Kier molecular flexibility index (Phi) is 5.20. The van der Waals surface area contributed by atoms with Crippen LogP contribution >= 0.6 is 11.6 Å². The first-order valence-electron chi connectivity index (χ1n) is 5.55. The molecule has 0 aromatic heterocycles. The van der Waals surface area contributed by atoms with E-state index < -0.39 is 0 Å². The van der Waals surface area contributed by atoms with E-state index in [2.05, 4.69) is 37.3 Å². The molecule has 0 radical (unpaired) electrons. The van der Waals surface area contributed by atoms with Crippen molar-refractivity contribution in [3.63, 3.8) is 0 Å². The van der Waals surface area contributed by atoms with Crippen molar-refractivity contribution in [3.8, 4) is 0 Å². The Labute approximate surface area is 108 Å². The third-order valence-corrected chi connectivity index (χ3v) is 3.17. The normalized spacial score (nSPS) is 11.6. The first-order chi connectivity index (χ1) is 7.77. The van der Waals surface area contributed by atoms with Crippen LogP contribution in [0.25, 0.3) is 0 Å². The molecule has 1 nitrogen and oxygen atoms in total. The van der Waals surface area contributed by atoms with Crippen molar-refractivity contribution in [1.29, 1.82) is 0 Å². The van der Waals surface area contributed by atoms with Gasteiger partial charge in [-0.1, -0.05) is 67.1 Å². The molecular weight excluding hydrogens is 230 g/mol. The molecule has 2 rings (SSSR count). The van der Waals surface area contributed by atoms with E-state index in [1.165, 1.54) is 11.1 Å². The maximum absolute atomic E-state index is 6.19. The second kappa shape index (κ2) is 6.43. The predicted molar refractivity (Wildman–Crippen MR) is 75.0 cm³/mol. The molecule has 90 valence electrons.